The summed E-state index contributed by atoms with van der Waals surface area (Å²) in [7, 11) is 0. The number of ketones is 2. The largest absolute Gasteiger partial charge is 0.445 e. The second-order valence-corrected chi connectivity index (χ2v) is 19.6. The molecule has 76 heavy (non-hydrogen) atoms. The number of rotatable bonds is 25. The van der Waals surface area contributed by atoms with E-state index in [4.69, 9.17) is 20.4 Å². The number of H-pyrrole nitrogens is 1. The van der Waals surface area contributed by atoms with Crippen LogP contribution in [0.2, 0.25) is 0 Å². The molecular weight excluding hydrogens is 969 g/mol. The number of pyridine rings is 2. The lowest BCUT2D eigenvalue weighted by Crippen LogP contribution is -2.46. The third-order valence-corrected chi connectivity index (χ3v) is 13.7. The highest BCUT2D eigenvalue weighted by Crippen LogP contribution is 2.32. The SMILES string of the molecule is Cc1cccc(-c2[nH]c(CNc3cccc4c3CN(C(=O)OCc3ccc(CC(=O)[C@H](CCCNC(N)=O)NC(=O)[C@@H](CC(=O)CCCCCN5C(=O)C=CC5=O)C(C)C)cc3)CC4)nc2-c2ccc3ncnn3c2)n1. The van der Waals surface area contributed by atoms with Gasteiger partial charge in [-0.3, -0.25) is 33.9 Å². The Morgan fingerprint density at radius 3 is 2.42 bits per heavy atom. The molecule has 2 atom stereocenters. The molecule has 0 bridgehead atoms. The number of primary amides is 1. The van der Waals surface area contributed by atoms with Crippen molar-refractivity contribution in [2.45, 2.75) is 104 Å². The summed E-state index contributed by atoms with van der Waals surface area (Å²) >= 11 is 0. The van der Waals surface area contributed by atoms with Crippen molar-refractivity contribution in [3.8, 4) is 22.6 Å². The summed E-state index contributed by atoms with van der Waals surface area (Å²) in [4.78, 5) is 110. The number of nitrogens with one attached hydrogen (secondary N) is 4. The van der Waals surface area contributed by atoms with Gasteiger partial charge in [-0.15, -0.1) is 0 Å². The van der Waals surface area contributed by atoms with E-state index in [0.717, 1.165) is 56.4 Å². The van der Waals surface area contributed by atoms with Crippen LogP contribution in [0.5, 0.6) is 0 Å². The number of benzene rings is 2. The second-order valence-electron chi connectivity index (χ2n) is 19.6. The molecule has 0 saturated carbocycles. The number of nitrogens with two attached hydrogens (primary N) is 1. The maximum atomic E-state index is 13.9. The fourth-order valence-corrected chi connectivity index (χ4v) is 9.44. The molecule has 6 heterocycles. The predicted octanol–water partition coefficient (Wildman–Crippen LogP) is 6.56. The zero-order chi connectivity index (χ0) is 53.7. The number of fused-ring (bicyclic) bond motifs is 2. The molecule has 0 aliphatic carbocycles. The van der Waals surface area contributed by atoms with Gasteiger partial charge in [-0.25, -0.2) is 24.1 Å². The van der Waals surface area contributed by atoms with Gasteiger partial charge in [0, 0.05) is 80.1 Å². The molecule has 0 radical (unpaired) electrons. The van der Waals surface area contributed by atoms with Crippen LogP contribution in [0, 0.1) is 18.8 Å². The minimum atomic E-state index is -0.894. The molecule has 0 saturated heterocycles. The number of aromatic amines is 1. The number of imide groups is 1. The maximum absolute atomic E-state index is 13.9. The van der Waals surface area contributed by atoms with E-state index in [0.29, 0.717) is 63.1 Å². The number of aryl methyl sites for hydroxylation is 1. The van der Waals surface area contributed by atoms with Crippen molar-refractivity contribution >= 4 is 52.7 Å². The minimum Gasteiger partial charge on any atom is -0.445 e. The number of amides is 6. The number of aromatic nitrogens is 6. The van der Waals surface area contributed by atoms with E-state index in [-0.39, 0.29) is 74.7 Å². The van der Waals surface area contributed by atoms with Crippen molar-refractivity contribution in [3.05, 3.63) is 131 Å². The number of Topliss-reactive ketones (excluding diaryl/α,β-unsaturated/α-hetero) is 2. The van der Waals surface area contributed by atoms with Gasteiger partial charge in [0.1, 0.15) is 24.5 Å². The molecule has 8 rings (SSSR count). The molecule has 6 aromatic rings. The third kappa shape index (κ3) is 14.0. The van der Waals surface area contributed by atoms with Crippen LogP contribution >= 0.6 is 0 Å². The highest BCUT2D eigenvalue weighted by Gasteiger charge is 2.30. The van der Waals surface area contributed by atoms with Crippen LogP contribution in [-0.2, 0) is 61.2 Å². The number of urea groups is 1. The highest BCUT2D eigenvalue weighted by molar-refractivity contribution is 6.12. The van der Waals surface area contributed by atoms with Gasteiger partial charge in [-0.05, 0) is 97.5 Å². The van der Waals surface area contributed by atoms with Gasteiger partial charge >= 0.3 is 12.1 Å². The Bertz CT molecular complexity index is 3110. The molecule has 0 spiro atoms. The van der Waals surface area contributed by atoms with Gasteiger partial charge in [-0.2, -0.15) is 5.10 Å². The molecule has 0 fully saturated rings. The summed E-state index contributed by atoms with van der Waals surface area (Å²) in [6, 6.07) is 21.4. The van der Waals surface area contributed by atoms with Crippen molar-refractivity contribution < 1.29 is 38.3 Å². The number of unbranched alkanes of at least 4 members (excludes halogenated alkanes) is 2. The summed E-state index contributed by atoms with van der Waals surface area (Å²) in [5.74, 6) is -1.59. The number of carbonyl (C=O) groups excluding carboxylic acids is 7. The number of hydrogen-bond acceptors (Lipinski definition) is 13. The molecule has 4 aromatic heterocycles. The Kier molecular flexibility index (Phi) is 17.8. The lowest BCUT2D eigenvalue weighted by atomic mass is 9.88. The Morgan fingerprint density at radius 1 is 0.882 bits per heavy atom. The zero-order valence-corrected chi connectivity index (χ0v) is 43.1. The van der Waals surface area contributed by atoms with E-state index in [1.165, 1.54) is 23.4 Å². The van der Waals surface area contributed by atoms with Crippen molar-refractivity contribution in [1.29, 1.82) is 0 Å². The number of imidazole rings is 1. The second kappa shape index (κ2) is 25.1. The summed E-state index contributed by atoms with van der Waals surface area (Å²) < 4.78 is 7.53. The molecule has 20 nitrogen and oxygen atoms in total. The standard InChI is InChI=1S/C56H64N12O8/c1-35(2)42(29-41(69)12-5-4-6-26-67-50(71)22-23-51(67)72)54(73)63-45(15-9-25-58-55(57)74)47(70)28-37-16-18-38(19-17-37)33-76-56(75)66-27-24-39-11-8-13-44(43(39)32-66)59-30-48-64-52(40-20-21-49-60-34-61-68(49)31-40)53(65-48)46-14-7-10-36(3)62-46/h7-8,10-11,13-14,16-23,31,34-35,42,45,59H,4-6,9,12,15,24-30,32-33H2,1-3H3,(H,63,73)(H,64,65)(H3,57,58,74)/t42-,45-/m0/s1. The molecule has 2 aromatic carbocycles. The van der Waals surface area contributed by atoms with Gasteiger partial charge in [0.05, 0.1) is 36.2 Å². The summed E-state index contributed by atoms with van der Waals surface area (Å²) in [5, 5.41) is 13.3. The first-order valence-electron chi connectivity index (χ1n) is 25.8. The first-order valence-corrected chi connectivity index (χ1v) is 25.8. The van der Waals surface area contributed by atoms with E-state index in [2.05, 4.69) is 37.1 Å². The third-order valence-electron chi connectivity index (χ3n) is 13.7. The minimum absolute atomic E-state index is 0.000150. The quantitative estimate of drug-likeness (QED) is 0.0301. The molecule has 20 heteroatoms. The van der Waals surface area contributed by atoms with E-state index in [1.807, 2.05) is 69.4 Å². The zero-order valence-electron chi connectivity index (χ0n) is 43.1. The van der Waals surface area contributed by atoms with Crippen molar-refractivity contribution in [2.24, 2.45) is 17.6 Å². The van der Waals surface area contributed by atoms with Gasteiger partial charge in [-0.1, -0.05) is 62.7 Å². The van der Waals surface area contributed by atoms with Crippen molar-refractivity contribution in [3.63, 3.8) is 0 Å². The highest BCUT2D eigenvalue weighted by atomic mass is 16.6. The van der Waals surface area contributed by atoms with E-state index in [1.54, 1.807) is 33.7 Å². The molecule has 396 valence electrons. The Morgan fingerprint density at radius 2 is 1.66 bits per heavy atom. The van der Waals surface area contributed by atoms with Crippen LogP contribution in [-0.4, -0.2) is 106 Å². The monoisotopic (exact) mass is 1030 g/mol. The first-order chi connectivity index (χ1) is 36.7. The lowest BCUT2D eigenvalue weighted by molar-refractivity contribution is -0.137. The number of ether oxygens (including phenoxy) is 1. The molecule has 6 N–H and O–H groups in total. The van der Waals surface area contributed by atoms with E-state index >= 15 is 0 Å². The number of nitrogens with zero attached hydrogens (tertiary/aromatic N) is 7. The first kappa shape index (κ1) is 53.7. The van der Waals surface area contributed by atoms with Crippen LogP contribution in [0.25, 0.3) is 28.3 Å². The Labute approximate surface area is 440 Å². The average molecular weight is 1030 g/mol. The van der Waals surface area contributed by atoms with Gasteiger partial charge < -0.3 is 36.3 Å². The Hall–Kier alpha value is -8.55. The van der Waals surface area contributed by atoms with Gasteiger partial charge in [0.15, 0.2) is 11.4 Å². The number of anilines is 1. The maximum Gasteiger partial charge on any atom is 0.410 e. The molecule has 2 aliphatic rings. The fraction of sp³-hybridized carbons (Fsp3) is 0.375. The molecule has 6 amide bonds. The van der Waals surface area contributed by atoms with E-state index < -0.39 is 30.0 Å². The smallest absolute Gasteiger partial charge is 0.410 e. The predicted molar refractivity (Wildman–Crippen MR) is 283 cm³/mol. The average Bonchev–Trinajstić information content (AvgIpc) is 4.15. The van der Waals surface area contributed by atoms with Crippen molar-refractivity contribution in [1.82, 2.24) is 50.0 Å². The molecule has 0 unspecified atom stereocenters. The van der Waals surface area contributed by atoms with Gasteiger partial charge in [0.2, 0.25) is 5.91 Å². The number of carbonyl (C=O) groups is 7. The number of hydrogen-bond donors (Lipinski definition) is 5. The van der Waals surface area contributed by atoms with Crippen LogP contribution < -0.4 is 21.7 Å². The van der Waals surface area contributed by atoms with Crippen molar-refractivity contribution in [2.75, 3.05) is 25.0 Å². The van der Waals surface area contributed by atoms with Crippen LogP contribution in [0.1, 0.15) is 92.6 Å². The summed E-state index contributed by atoms with van der Waals surface area (Å²) in [6.07, 6.45) is 8.68. The molecular formula is C56H64N12O8. The van der Waals surface area contributed by atoms with Crippen LogP contribution in [0.15, 0.2) is 97.5 Å². The fourth-order valence-electron chi connectivity index (χ4n) is 9.44. The molecule has 2 aliphatic heterocycles. The normalized spacial score (nSPS) is 13.9. The Balaban J connectivity index is 0.835. The summed E-state index contributed by atoms with van der Waals surface area (Å²) in [6.45, 7) is 7.36. The summed E-state index contributed by atoms with van der Waals surface area (Å²) in [5.41, 5.74) is 14.4. The lowest BCUT2D eigenvalue weighted by Gasteiger charge is -2.30. The topological polar surface area (TPSA) is 269 Å². The van der Waals surface area contributed by atoms with Gasteiger partial charge in [0.25, 0.3) is 11.8 Å². The van der Waals surface area contributed by atoms with E-state index in [9.17, 15) is 33.6 Å². The van der Waals surface area contributed by atoms with Crippen LogP contribution in [0.3, 0.4) is 0 Å². The van der Waals surface area contributed by atoms with Crippen LogP contribution in [0.4, 0.5) is 15.3 Å².